The molecule has 4 rings (SSSR count). The fourth-order valence-electron chi connectivity index (χ4n) is 5.07. The highest BCUT2D eigenvalue weighted by Gasteiger charge is 2.49. The highest BCUT2D eigenvalue weighted by atomic mass is 32.1. The molecular formula is C18H24N4O4S. The molecule has 3 aliphatic rings. The number of likely N-dealkylation sites (tertiary alicyclic amines) is 1. The van der Waals surface area contributed by atoms with Crippen LogP contribution in [0, 0.1) is 11.8 Å². The van der Waals surface area contributed by atoms with Gasteiger partial charge in [-0.25, -0.2) is 4.98 Å². The summed E-state index contributed by atoms with van der Waals surface area (Å²) in [5.74, 6) is -0.381. The molecule has 0 unspecified atom stereocenters. The number of amides is 2. The topological polar surface area (TPSA) is 103 Å². The molecule has 4 atom stereocenters. The van der Waals surface area contributed by atoms with Crippen molar-refractivity contribution >= 4 is 29.1 Å². The Hall–Kier alpha value is -2.00. The summed E-state index contributed by atoms with van der Waals surface area (Å²) in [7, 11) is 0. The second kappa shape index (κ2) is 7.55. The Bertz CT molecular complexity index is 725. The van der Waals surface area contributed by atoms with E-state index in [1.54, 1.807) is 10.9 Å². The molecule has 4 heterocycles. The average molecular weight is 392 g/mol. The number of carboxylic acids is 1. The number of hydrogen-bond acceptors (Lipinski definition) is 6. The number of nitrogens with zero attached hydrogens (tertiary/aromatic N) is 3. The first-order valence-corrected chi connectivity index (χ1v) is 10.4. The first kappa shape index (κ1) is 18.4. The third-order valence-electron chi connectivity index (χ3n) is 6.07. The zero-order chi connectivity index (χ0) is 19.0. The second-order valence-corrected chi connectivity index (χ2v) is 8.47. The summed E-state index contributed by atoms with van der Waals surface area (Å²) >= 11 is 1.37. The number of carbonyl (C=O) groups is 3. The fourth-order valence-corrected chi connectivity index (χ4v) is 5.60. The summed E-state index contributed by atoms with van der Waals surface area (Å²) in [6.07, 6.45) is 3.39. The van der Waals surface area contributed by atoms with Crippen molar-refractivity contribution in [2.75, 3.05) is 26.2 Å². The van der Waals surface area contributed by atoms with Crippen LogP contribution in [0.25, 0.3) is 0 Å². The van der Waals surface area contributed by atoms with E-state index in [9.17, 15) is 19.5 Å². The molecule has 3 fully saturated rings. The monoisotopic (exact) mass is 392 g/mol. The number of carboxylic acid groups (broad SMARTS) is 1. The number of thiazole rings is 1. The van der Waals surface area contributed by atoms with Gasteiger partial charge in [-0.15, -0.1) is 11.3 Å². The molecule has 8 nitrogen and oxygen atoms in total. The van der Waals surface area contributed by atoms with Crippen molar-refractivity contribution in [2.24, 2.45) is 11.8 Å². The van der Waals surface area contributed by atoms with Crippen LogP contribution >= 0.6 is 11.3 Å². The van der Waals surface area contributed by atoms with Gasteiger partial charge >= 0.3 is 5.97 Å². The van der Waals surface area contributed by atoms with Crippen LogP contribution in [0.3, 0.4) is 0 Å². The lowest BCUT2D eigenvalue weighted by molar-refractivity contribution is -0.154. The van der Waals surface area contributed by atoms with Gasteiger partial charge in [-0.1, -0.05) is 0 Å². The fraction of sp³-hybridized carbons (Fsp3) is 0.667. The predicted molar refractivity (Wildman–Crippen MR) is 98.4 cm³/mol. The molecule has 0 radical (unpaired) electrons. The van der Waals surface area contributed by atoms with Gasteiger partial charge in [-0.2, -0.15) is 0 Å². The maximum Gasteiger partial charge on any atom is 0.317 e. The Morgan fingerprint density at radius 2 is 2.15 bits per heavy atom. The van der Waals surface area contributed by atoms with E-state index in [0.717, 1.165) is 25.8 Å². The maximum atomic E-state index is 12.7. The van der Waals surface area contributed by atoms with E-state index in [0.29, 0.717) is 31.1 Å². The van der Waals surface area contributed by atoms with E-state index in [2.05, 4.69) is 10.3 Å². The number of carbonyl (C=O) groups excluding carboxylic acids is 2. The van der Waals surface area contributed by atoms with Crippen LogP contribution in [-0.2, 0) is 9.59 Å². The Balaban J connectivity index is 1.52. The number of rotatable bonds is 5. The first-order valence-electron chi connectivity index (χ1n) is 9.44. The second-order valence-electron chi connectivity index (χ2n) is 7.76. The Morgan fingerprint density at radius 3 is 2.89 bits per heavy atom. The third-order valence-corrected chi connectivity index (χ3v) is 6.65. The molecule has 1 aromatic heterocycles. The van der Waals surface area contributed by atoms with Crippen LogP contribution in [0.2, 0.25) is 0 Å². The molecule has 3 aliphatic heterocycles. The molecule has 2 bridgehead atoms. The molecular weight excluding hydrogens is 368 g/mol. The summed E-state index contributed by atoms with van der Waals surface area (Å²) in [5, 5.41) is 13.8. The van der Waals surface area contributed by atoms with Gasteiger partial charge in [0.1, 0.15) is 5.69 Å². The molecule has 27 heavy (non-hydrogen) atoms. The van der Waals surface area contributed by atoms with Crippen LogP contribution in [0.1, 0.15) is 36.2 Å². The maximum absolute atomic E-state index is 12.7. The average Bonchev–Trinajstić information content (AvgIpc) is 3.16. The van der Waals surface area contributed by atoms with Crippen molar-refractivity contribution in [1.29, 1.82) is 0 Å². The molecule has 0 aromatic carbocycles. The summed E-state index contributed by atoms with van der Waals surface area (Å²) in [5.41, 5.74) is 2.02. The minimum absolute atomic E-state index is 0.0333. The summed E-state index contributed by atoms with van der Waals surface area (Å²) in [6, 6.07) is 0.0681. The number of aliphatic carboxylic acids is 1. The molecule has 2 N–H and O–H groups in total. The lowest BCUT2D eigenvalue weighted by Gasteiger charge is -2.56. The highest BCUT2D eigenvalue weighted by Crippen LogP contribution is 2.41. The van der Waals surface area contributed by atoms with Crippen molar-refractivity contribution in [3.05, 3.63) is 16.6 Å². The smallest absolute Gasteiger partial charge is 0.317 e. The summed E-state index contributed by atoms with van der Waals surface area (Å²) < 4.78 is 0. The number of fused-ring (bicyclic) bond motifs is 4. The van der Waals surface area contributed by atoms with E-state index in [1.165, 1.54) is 11.3 Å². The number of hydrogen-bond donors (Lipinski definition) is 2. The number of aromatic nitrogens is 1. The van der Waals surface area contributed by atoms with Crippen LogP contribution in [0.4, 0.5) is 0 Å². The molecule has 0 aliphatic carbocycles. The zero-order valence-corrected chi connectivity index (χ0v) is 15.9. The Morgan fingerprint density at radius 1 is 1.33 bits per heavy atom. The van der Waals surface area contributed by atoms with Gasteiger partial charge < -0.3 is 15.3 Å². The molecule has 1 aromatic rings. The molecule has 2 amide bonds. The number of nitrogens with one attached hydrogen (secondary N) is 1. The van der Waals surface area contributed by atoms with E-state index in [1.807, 2.05) is 9.80 Å². The van der Waals surface area contributed by atoms with E-state index >= 15 is 0 Å². The van der Waals surface area contributed by atoms with Gasteiger partial charge in [0.05, 0.1) is 18.1 Å². The van der Waals surface area contributed by atoms with Crippen LogP contribution in [-0.4, -0.2) is 75.9 Å². The van der Waals surface area contributed by atoms with Gasteiger partial charge in [0.15, 0.2) is 0 Å². The molecule has 146 valence electrons. The molecule has 0 saturated carbocycles. The largest absolute Gasteiger partial charge is 0.480 e. The van der Waals surface area contributed by atoms with Crippen LogP contribution < -0.4 is 5.32 Å². The molecule has 9 heteroatoms. The van der Waals surface area contributed by atoms with Gasteiger partial charge in [0.25, 0.3) is 5.91 Å². The van der Waals surface area contributed by atoms with Crippen molar-refractivity contribution in [3.8, 4) is 0 Å². The summed E-state index contributed by atoms with van der Waals surface area (Å²) in [4.78, 5) is 44.2. The third kappa shape index (κ3) is 3.70. The minimum Gasteiger partial charge on any atom is -0.480 e. The molecule has 0 spiro atoms. The van der Waals surface area contributed by atoms with Gasteiger partial charge in [-0.05, 0) is 31.1 Å². The first-order chi connectivity index (χ1) is 13.0. The van der Waals surface area contributed by atoms with E-state index in [4.69, 9.17) is 0 Å². The zero-order valence-electron chi connectivity index (χ0n) is 15.0. The van der Waals surface area contributed by atoms with Gasteiger partial charge in [0.2, 0.25) is 5.91 Å². The Labute approximate surface area is 161 Å². The summed E-state index contributed by atoms with van der Waals surface area (Å²) in [6.45, 7) is 1.80. The van der Waals surface area contributed by atoms with Crippen molar-refractivity contribution < 1.29 is 19.5 Å². The van der Waals surface area contributed by atoms with Crippen molar-refractivity contribution in [2.45, 2.75) is 37.8 Å². The highest BCUT2D eigenvalue weighted by molar-refractivity contribution is 7.07. The normalized spacial score (nSPS) is 30.7. The van der Waals surface area contributed by atoms with E-state index in [-0.39, 0.29) is 36.4 Å². The van der Waals surface area contributed by atoms with Gasteiger partial charge in [-0.3, -0.25) is 19.3 Å². The quantitative estimate of drug-likeness (QED) is 0.763. The van der Waals surface area contributed by atoms with Crippen LogP contribution in [0.15, 0.2) is 10.9 Å². The lowest BCUT2D eigenvalue weighted by Crippen LogP contribution is -2.67. The minimum atomic E-state index is -0.820. The lowest BCUT2D eigenvalue weighted by atomic mass is 9.72. The van der Waals surface area contributed by atoms with Crippen LogP contribution in [0.5, 0.6) is 0 Å². The van der Waals surface area contributed by atoms with Crippen molar-refractivity contribution in [1.82, 2.24) is 20.1 Å². The van der Waals surface area contributed by atoms with E-state index < -0.39 is 5.97 Å². The Kier molecular flexibility index (Phi) is 5.14. The molecule has 3 saturated heterocycles. The predicted octanol–water partition coefficient (Wildman–Crippen LogP) is 0.659. The van der Waals surface area contributed by atoms with Crippen molar-refractivity contribution in [3.63, 3.8) is 0 Å². The standard InChI is InChI=1S/C18H24N4O4S/c23-16-3-1-2-14-11-4-12(7-21(6-11)8-17(24)25)15(22(14)16)5-19-18(26)13-9-27-10-20-13/h9-12,14-15H,1-8H2,(H,19,26)(H,24,25)/t11-,12+,14+,15+/m1/s1. The number of piperidine rings is 3. The SMILES string of the molecule is O=C(O)CN1C[C@H]2C[C@@H](C1)[C@H](CNC(=O)c1cscn1)N1C(=O)CCC[C@@H]21. The van der Waals surface area contributed by atoms with Gasteiger partial charge in [0, 0.05) is 37.5 Å².